The molecule has 0 fully saturated rings. The topological polar surface area (TPSA) is 86.8 Å². The van der Waals surface area contributed by atoms with E-state index in [0.29, 0.717) is 10.7 Å². The molecule has 0 saturated heterocycles. The maximum atomic E-state index is 13.5. The molecule has 0 aliphatic rings. The van der Waals surface area contributed by atoms with E-state index in [2.05, 4.69) is 5.32 Å². The molecule has 0 unspecified atom stereocenters. The van der Waals surface area contributed by atoms with Crippen LogP contribution in [0.15, 0.2) is 42.5 Å². The fourth-order valence-corrected chi connectivity index (χ4v) is 4.44. The second-order valence-corrected chi connectivity index (χ2v) is 11.9. The van der Waals surface area contributed by atoms with E-state index in [4.69, 9.17) is 11.6 Å². The van der Waals surface area contributed by atoms with Crippen LogP contribution in [0.3, 0.4) is 0 Å². The molecule has 186 valence electrons. The van der Waals surface area contributed by atoms with E-state index in [1.54, 1.807) is 43.3 Å². The molecule has 2 rings (SSSR count). The Balaban J connectivity index is 2.43. The van der Waals surface area contributed by atoms with E-state index >= 15 is 0 Å². The van der Waals surface area contributed by atoms with Crippen molar-refractivity contribution in [3.05, 3.63) is 64.2 Å². The van der Waals surface area contributed by atoms with Gasteiger partial charge in [-0.2, -0.15) is 0 Å². The zero-order valence-electron chi connectivity index (χ0n) is 20.8. The molecule has 1 N–H and O–H groups in total. The molecule has 34 heavy (non-hydrogen) atoms. The lowest BCUT2D eigenvalue weighted by Gasteiger charge is -2.33. The van der Waals surface area contributed by atoms with E-state index < -0.39 is 34.1 Å². The first kappa shape index (κ1) is 27.7. The van der Waals surface area contributed by atoms with E-state index in [0.717, 1.165) is 27.3 Å². The number of rotatable bonds is 8. The zero-order valence-corrected chi connectivity index (χ0v) is 22.4. The molecule has 2 aromatic rings. The van der Waals surface area contributed by atoms with Crippen LogP contribution in [0.25, 0.3) is 0 Å². The van der Waals surface area contributed by atoms with Gasteiger partial charge in [0.15, 0.2) is 0 Å². The molecule has 0 aliphatic carbocycles. The molecule has 1 atom stereocenters. The maximum absolute atomic E-state index is 13.5. The van der Waals surface area contributed by atoms with Crippen LogP contribution < -0.4 is 9.62 Å². The first-order chi connectivity index (χ1) is 15.6. The van der Waals surface area contributed by atoms with Gasteiger partial charge < -0.3 is 10.2 Å². The first-order valence-corrected chi connectivity index (χ1v) is 13.2. The van der Waals surface area contributed by atoms with E-state index in [9.17, 15) is 18.0 Å². The average Bonchev–Trinajstić information content (AvgIpc) is 2.69. The van der Waals surface area contributed by atoms with E-state index in [-0.39, 0.29) is 12.5 Å². The SMILES string of the molecule is Cc1ccc(N(CC(=O)N(Cc2cccc(Cl)c2)[C@H](C)C(=O)NC(C)(C)C)S(C)(=O)=O)cc1C. The molecule has 0 saturated carbocycles. The maximum Gasteiger partial charge on any atom is 0.244 e. The lowest BCUT2D eigenvalue weighted by Crippen LogP contribution is -2.54. The monoisotopic (exact) mass is 507 g/mol. The van der Waals surface area contributed by atoms with Crippen LogP contribution in [0.1, 0.15) is 44.4 Å². The van der Waals surface area contributed by atoms with Gasteiger partial charge in [-0.15, -0.1) is 0 Å². The highest BCUT2D eigenvalue weighted by Crippen LogP contribution is 2.22. The summed E-state index contributed by atoms with van der Waals surface area (Å²) >= 11 is 6.12. The Morgan fingerprint density at radius 2 is 1.71 bits per heavy atom. The summed E-state index contributed by atoms with van der Waals surface area (Å²) in [5, 5.41) is 3.39. The van der Waals surface area contributed by atoms with Crippen molar-refractivity contribution in [1.29, 1.82) is 0 Å². The molecular formula is C25H34ClN3O4S. The second kappa shape index (κ2) is 10.8. The summed E-state index contributed by atoms with van der Waals surface area (Å²) < 4.78 is 26.3. The van der Waals surface area contributed by atoms with Crippen molar-refractivity contribution in [2.24, 2.45) is 0 Å². The molecule has 0 aromatic heterocycles. The Bertz CT molecular complexity index is 1160. The van der Waals surface area contributed by atoms with Crippen LogP contribution in [-0.2, 0) is 26.2 Å². The number of carbonyl (C=O) groups excluding carboxylic acids is 2. The van der Waals surface area contributed by atoms with Gasteiger partial charge in [0.2, 0.25) is 21.8 Å². The number of benzene rings is 2. The Morgan fingerprint density at radius 3 is 2.24 bits per heavy atom. The van der Waals surface area contributed by atoms with Gasteiger partial charge in [0.05, 0.1) is 11.9 Å². The molecule has 0 spiro atoms. The zero-order chi connectivity index (χ0) is 25.8. The smallest absolute Gasteiger partial charge is 0.244 e. The predicted molar refractivity (Wildman–Crippen MR) is 137 cm³/mol. The van der Waals surface area contributed by atoms with E-state index in [1.807, 2.05) is 40.7 Å². The van der Waals surface area contributed by atoms with Crippen molar-refractivity contribution in [1.82, 2.24) is 10.2 Å². The largest absolute Gasteiger partial charge is 0.350 e. The van der Waals surface area contributed by atoms with Crippen LogP contribution >= 0.6 is 11.6 Å². The van der Waals surface area contributed by atoms with Crippen LogP contribution in [0.5, 0.6) is 0 Å². The lowest BCUT2D eigenvalue weighted by molar-refractivity contribution is -0.140. The average molecular weight is 508 g/mol. The summed E-state index contributed by atoms with van der Waals surface area (Å²) in [4.78, 5) is 27.8. The van der Waals surface area contributed by atoms with Gasteiger partial charge in [-0.25, -0.2) is 8.42 Å². The Morgan fingerprint density at radius 1 is 1.06 bits per heavy atom. The molecule has 0 radical (unpaired) electrons. The standard InChI is InChI=1S/C25H34ClN3O4S/c1-17-11-12-22(13-18(17)2)29(34(7,32)33)16-23(30)28(15-20-9-8-10-21(26)14-20)19(3)24(31)27-25(4,5)6/h8-14,19H,15-16H2,1-7H3,(H,27,31)/t19-/m1/s1. The molecule has 0 heterocycles. The van der Waals surface area contributed by atoms with Crippen molar-refractivity contribution in [3.63, 3.8) is 0 Å². The number of carbonyl (C=O) groups is 2. The molecule has 7 nitrogen and oxygen atoms in total. The Labute approximate surface area is 208 Å². The van der Waals surface area contributed by atoms with Crippen molar-refractivity contribution >= 4 is 39.1 Å². The fraction of sp³-hybridized carbons (Fsp3) is 0.440. The summed E-state index contributed by atoms with van der Waals surface area (Å²) in [5.74, 6) is -0.833. The number of nitrogens with one attached hydrogen (secondary N) is 1. The normalized spacial score (nSPS) is 12.7. The number of halogens is 1. The van der Waals surface area contributed by atoms with Crippen LogP contribution in [0.4, 0.5) is 5.69 Å². The molecule has 2 amide bonds. The highest BCUT2D eigenvalue weighted by molar-refractivity contribution is 7.92. The number of aryl methyl sites for hydroxylation is 2. The van der Waals surface area contributed by atoms with E-state index in [1.165, 1.54) is 4.90 Å². The Hall–Kier alpha value is -2.58. The summed E-state index contributed by atoms with van der Waals surface area (Å²) in [5.41, 5.74) is 2.56. The van der Waals surface area contributed by atoms with Crippen molar-refractivity contribution < 1.29 is 18.0 Å². The summed E-state index contributed by atoms with van der Waals surface area (Å²) in [6, 6.07) is 11.4. The van der Waals surface area contributed by atoms with Crippen molar-refractivity contribution in [2.75, 3.05) is 17.1 Å². The predicted octanol–water partition coefficient (Wildman–Crippen LogP) is 4.05. The number of amides is 2. The highest BCUT2D eigenvalue weighted by atomic mass is 35.5. The third-order valence-corrected chi connectivity index (χ3v) is 6.74. The van der Waals surface area contributed by atoms with Crippen LogP contribution in [0, 0.1) is 13.8 Å². The van der Waals surface area contributed by atoms with Gasteiger partial charge in [0.25, 0.3) is 0 Å². The minimum atomic E-state index is -3.77. The lowest BCUT2D eigenvalue weighted by atomic mass is 10.1. The first-order valence-electron chi connectivity index (χ1n) is 11.0. The number of nitrogens with zero attached hydrogens (tertiary/aromatic N) is 2. The molecule has 0 bridgehead atoms. The third-order valence-electron chi connectivity index (χ3n) is 5.37. The Kier molecular flexibility index (Phi) is 8.77. The molecule has 0 aliphatic heterocycles. The minimum Gasteiger partial charge on any atom is -0.350 e. The van der Waals surface area contributed by atoms with Gasteiger partial charge in [-0.3, -0.25) is 13.9 Å². The molecular weight excluding hydrogens is 474 g/mol. The van der Waals surface area contributed by atoms with Gasteiger partial charge in [-0.1, -0.05) is 29.8 Å². The molecule has 2 aromatic carbocycles. The van der Waals surface area contributed by atoms with Crippen LogP contribution in [0.2, 0.25) is 5.02 Å². The van der Waals surface area contributed by atoms with Gasteiger partial charge in [0.1, 0.15) is 12.6 Å². The summed E-state index contributed by atoms with van der Waals surface area (Å²) in [6.07, 6.45) is 1.06. The number of anilines is 1. The minimum absolute atomic E-state index is 0.0999. The molecule has 9 heteroatoms. The summed E-state index contributed by atoms with van der Waals surface area (Å²) in [6.45, 7) is 10.7. The van der Waals surface area contributed by atoms with Gasteiger partial charge >= 0.3 is 0 Å². The quantitative estimate of drug-likeness (QED) is 0.583. The van der Waals surface area contributed by atoms with Crippen molar-refractivity contribution in [2.45, 2.75) is 59.7 Å². The second-order valence-electron chi connectivity index (χ2n) is 9.60. The summed E-state index contributed by atoms with van der Waals surface area (Å²) in [7, 11) is -3.77. The van der Waals surface area contributed by atoms with Gasteiger partial charge in [-0.05, 0) is 82.5 Å². The van der Waals surface area contributed by atoms with Gasteiger partial charge in [0, 0.05) is 17.1 Å². The van der Waals surface area contributed by atoms with Crippen LogP contribution in [-0.4, -0.2) is 49.5 Å². The highest BCUT2D eigenvalue weighted by Gasteiger charge is 2.31. The number of hydrogen-bond donors (Lipinski definition) is 1. The number of hydrogen-bond acceptors (Lipinski definition) is 4. The fourth-order valence-electron chi connectivity index (χ4n) is 3.38. The van der Waals surface area contributed by atoms with Crippen molar-refractivity contribution in [3.8, 4) is 0 Å². The number of sulfonamides is 1. The third kappa shape index (κ3) is 7.74.